The normalized spacial score (nSPS) is 11.5. The second kappa shape index (κ2) is 7.68. The van der Waals surface area contributed by atoms with Crippen molar-refractivity contribution in [3.63, 3.8) is 0 Å². The van der Waals surface area contributed by atoms with Gasteiger partial charge >= 0.3 is 0 Å². The lowest BCUT2D eigenvalue weighted by atomic mass is 10.2. The molecule has 0 saturated carbocycles. The number of amides is 1. The summed E-state index contributed by atoms with van der Waals surface area (Å²) in [7, 11) is -3.66. The van der Waals surface area contributed by atoms with E-state index >= 15 is 0 Å². The van der Waals surface area contributed by atoms with E-state index in [2.05, 4.69) is 4.72 Å². The summed E-state index contributed by atoms with van der Waals surface area (Å²) in [6, 6.07) is 15.3. The first kappa shape index (κ1) is 16.9. The number of benzene rings is 2. The lowest BCUT2D eigenvalue weighted by Crippen LogP contribution is -2.23. The smallest absolute Gasteiger partial charge is 0.267 e. The predicted molar refractivity (Wildman–Crippen MR) is 85.9 cm³/mol. The van der Waals surface area contributed by atoms with Crippen LogP contribution in [0.2, 0.25) is 0 Å². The van der Waals surface area contributed by atoms with Crippen LogP contribution < -0.4 is 10.2 Å². The van der Waals surface area contributed by atoms with Crippen LogP contribution in [0, 0.1) is 0 Å². The van der Waals surface area contributed by atoms with E-state index < -0.39 is 15.9 Å². The fraction of sp³-hybridized carbons (Fsp3) is 0.0625. The predicted octanol–water partition coefficient (Wildman–Crippen LogP) is 1.68. The molecule has 0 heterocycles. The molecule has 2 aromatic rings. The maximum Gasteiger partial charge on any atom is 0.267 e. The molecule has 2 aromatic carbocycles. The van der Waals surface area contributed by atoms with Gasteiger partial charge in [-0.3, -0.25) is 10.0 Å². The molecule has 0 radical (unpaired) electrons. The van der Waals surface area contributed by atoms with Gasteiger partial charge in [-0.15, -0.1) is 0 Å². The molecule has 120 valence electrons. The van der Waals surface area contributed by atoms with Gasteiger partial charge in [0.25, 0.3) is 5.91 Å². The fourth-order valence-electron chi connectivity index (χ4n) is 1.85. The zero-order chi connectivity index (χ0) is 16.7. The van der Waals surface area contributed by atoms with Gasteiger partial charge in [0.2, 0.25) is 10.0 Å². The fourth-order valence-corrected chi connectivity index (χ4v) is 2.92. The topological polar surface area (TPSA) is 95.5 Å². The van der Waals surface area contributed by atoms with Gasteiger partial charge in [-0.1, -0.05) is 42.5 Å². The quantitative estimate of drug-likeness (QED) is 0.426. The first-order valence-corrected chi connectivity index (χ1v) is 8.25. The Balaban J connectivity index is 2.13. The third-order valence-electron chi connectivity index (χ3n) is 3.01. The molecule has 0 aliphatic rings. The standard InChI is InChI=1S/C16H16N2O4S/c19-16(18-20)10-9-13-7-4-8-15(11-13)23(21,22)17-12-14-5-2-1-3-6-14/h1-11,17,20H,12H2,(H,18,19)/b10-9+. The molecule has 0 unspecified atom stereocenters. The molecule has 0 aliphatic heterocycles. The van der Waals surface area contributed by atoms with Gasteiger partial charge in [0.15, 0.2) is 0 Å². The molecule has 0 fully saturated rings. The summed E-state index contributed by atoms with van der Waals surface area (Å²) in [6.45, 7) is 0.191. The van der Waals surface area contributed by atoms with Crippen molar-refractivity contribution in [2.24, 2.45) is 0 Å². The van der Waals surface area contributed by atoms with Crippen LogP contribution in [0.5, 0.6) is 0 Å². The largest absolute Gasteiger partial charge is 0.288 e. The lowest BCUT2D eigenvalue weighted by Gasteiger charge is -2.07. The Hall–Kier alpha value is -2.48. The van der Waals surface area contributed by atoms with Gasteiger partial charge in [-0.25, -0.2) is 18.6 Å². The lowest BCUT2D eigenvalue weighted by molar-refractivity contribution is -0.124. The van der Waals surface area contributed by atoms with Crippen molar-refractivity contribution in [3.8, 4) is 0 Å². The van der Waals surface area contributed by atoms with Crippen molar-refractivity contribution in [2.45, 2.75) is 11.4 Å². The zero-order valence-corrected chi connectivity index (χ0v) is 13.0. The first-order valence-electron chi connectivity index (χ1n) is 6.77. The Bertz CT molecular complexity index is 802. The van der Waals surface area contributed by atoms with E-state index in [1.807, 2.05) is 30.3 Å². The summed E-state index contributed by atoms with van der Waals surface area (Å²) in [5, 5.41) is 8.42. The van der Waals surface area contributed by atoms with E-state index in [0.29, 0.717) is 5.56 Å². The number of sulfonamides is 1. The molecule has 7 heteroatoms. The van der Waals surface area contributed by atoms with Crippen LogP contribution in [0.15, 0.2) is 65.6 Å². The van der Waals surface area contributed by atoms with Crippen LogP contribution >= 0.6 is 0 Å². The first-order chi connectivity index (χ1) is 11.0. The molecule has 0 aliphatic carbocycles. The third-order valence-corrected chi connectivity index (χ3v) is 4.41. The summed E-state index contributed by atoms with van der Waals surface area (Å²) >= 11 is 0. The minimum Gasteiger partial charge on any atom is -0.288 e. The highest BCUT2D eigenvalue weighted by Crippen LogP contribution is 2.13. The summed E-state index contributed by atoms with van der Waals surface area (Å²) in [4.78, 5) is 11.0. The van der Waals surface area contributed by atoms with E-state index in [1.54, 1.807) is 12.1 Å². The zero-order valence-electron chi connectivity index (χ0n) is 12.1. The summed E-state index contributed by atoms with van der Waals surface area (Å²) in [5.41, 5.74) is 2.84. The average Bonchev–Trinajstić information content (AvgIpc) is 2.59. The monoisotopic (exact) mass is 332 g/mol. The number of hydrogen-bond acceptors (Lipinski definition) is 4. The Morgan fingerprint density at radius 1 is 1.09 bits per heavy atom. The van der Waals surface area contributed by atoms with Crippen LogP contribution in [0.25, 0.3) is 6.08 Å². The van der Waals surface area contributed by atoms with Crippen LogP contribution in [0.4, 0.5) is 0 Å². The van der Waals surface area contributed by atoms with E-state index in [1.165, 1.54) is 23.7 Å². The molecule has 0 saturated heterocycles. The van der Waals surface area contributed by atoms with E-state index in [9.17, 15) is 13.2 Å². The number of nitrogens with one attached hydrogen (secondary N) is 2. The van der Waals surface area contributed by atoms with Gasteiger partial charge in [0.1, 0.15) is 0 Å². The molecule has 2 rings (SSSR count). The van der Waals surface area contributed by atoms with Gasteiger partial charge in [-0.05, 0) is 29.3 Å². The van der Waals surface area contributed by atoms with E-state index in [4.69, 9.17) is 5.21 Å². The second-order valence-corrected chi connectivity index (χ2v) is 6.46. The van der Waals surface area contributed by atoms with Crippen molar-refractivity contribution < 1.29 is 18.4 Å². The second-order valence-electron chi connectivity index (χ2n) is 4.69. The number of carbonyl (C=O) groups is 1. The van der Waals surface area contributed by atoms with Crippen molar-refractivity contribution in [1.29, 1.82) is 0 Å². The van der Waals surface area contributed by atoms with Gasteiger partial charge < -0.3 is 0 Å². The summed E-state index contributed by atoms with van der Waals surface area (Å²) in [5.74, 6) is -0.694. The van der Waals surface area contributed by atoms with Crippen LogP contribution in [0.1, 0.15) is 11.1 Å². The molecular formula is C16H16N2O4S. The average molecular weight is 332 g/mol. The molecule has 23 heavy (non-hydrogen) atoms. The van der Waals surface area contributed by atoms with Gasteiger partial charge in [-0.2, -0.15) is 0 Å². The van der Waals surface area contributed by atoms with Crippen LogP contribution in [-0.2, 0) is 21.4 Å². The molecule has 0 spiro atoms. The van der Waals surface area contributed by atoms with Gasteiger partial charge in [0.05, 0.1) is 4.90 Å². The number of hydrogen-bond donors (Lipinski definition) is 3. The van der Waals surface area contributed by atoms with E-state index in [0.717, 1.165) is 11.6 Å². The van der Waals surface area contributed by atoms with E-state index in [-0.39, 0.29) is 11.4 Å². The highest BCUT2D eigenvalue weighted by Gasteiger charge is 2.13. The maximum absolute atomic E-state index is 12.3. The summed E-state index contributed by atoms with van der Waals surface area (Å²) < 4.78 is 27.1. The highest BCUT2D eigenvalue weighted by atomic mass is 32.2. The Morgan fingerprint density at radius 2 is 1.83 bits per heavy atom. The molecule has 1 amide bonds. The number of hydroxylamine groups is 1. The Kier molecular flexibility index (Phi) is 5.64. The van der Waals surface area contributed by atoms with Crippen LogP contribution in [0.3, 0.4) is 0 Å². The molecule has 6 nitrogen and oxygen atoms in total. The van der Waals surface area contributed by atoms with Gasteiger partial charge in [0, 0.05) is 12.6 Å². The molecule has 0 aromatic heterocycles. The minimum absolute atomic E-state index is 0.0972. The Labute approximate surface area is 134 Å². The van der Waals surface area contributed by atoms with Crippen molar-refractivity contribution in [2.75, 3.05) is 0 Å². The van der Waals surface area contributed by atoms with Crippen molar-refractivity contribution in [3.05, 3.63) is 71.8 Å². The Morgan fingerprint density at radius 3 is 2.52 bits per heavy atom. The molecule has 0 bridgehead atoms. The number of rotatable bonds is 6. The highest BCUT2D eigenvalue weighted by molar-refractivity contribution is 7.89. The SMILES string of the molecule is O=C(/C=C/c1cccc(S(=O)(=O)NCc2ccccc2)c1)NO. The minimum atomic E-state index is -3.66. The summed E-state index contributed by atoms with van der Waals surface area (Å²) in [6.07, 6.45) is 2.50. The molecule has 3 N–H and O–H groups in total. The van der Waals surface area contributed by atoms with Crippen molar-refractivity contribution in [1.82, 2.24) is 10.2 Å². The molecule has 0 atom stereocenters. The third kappa shape index (κ3) is 5.03. The van der Waals surface area contributed by atoms with Crippen LogP contribution in [-0.4, -0.2) is 19.5 Å². The molecular weight excluding hydrogens is 316 g/mol. The number of carbonyl (C=O) groups excluding carboxylic acids is 1. The maximum atomic E-state index is 12.3. The van der Waals surface area contributed by atoms with Crippen molar-refractivity contribution >= 4 is 22.0 Å².